The van der Waals surface area contributed by atoms with Gasteiger partial charge in [-0.15, -0.1) is 0 Å². The van der Waals surface area contributed by atoms with E-state index in [0.717, 1.165) is 11.3 Å². The highest BCUT2D eigenvalue weighted by atomic mass is 19.4. The molecule has 3 N–H and O–H groups in total. The first-order valence-corrected chi connectivity index (χ1v) is 5.74. The molecule has 1 aliphatic rings. The van der Waals surface area contributed by atoms with Crippen molar-refractivity contribution in [2.75, 3.05) is 26.2 Å². The average molecular weight is 253 g/mol. The zero-order valence-electron chi connectivity index (χ0n) is 9.59. The van der Waals surface area contributed by atoms with Gasteiger partial charge in [-0.3, -0.25) is 4.79 Å². The summed E-state index contributed by atoms with van der Waals surface area (Å²) in [5, 5.41) is 3.17. The molecule has 1 aliphatic heterocycles. The number of nitrogens with one attached hydrogen (secondary N) is 1. The molecule has 100 valence electrons. The van der Waals surface area contributed by atoms with Gasteiger partial charge in [0.15, 0.2) is 0 Å². The van der Waals surface area contributed by atoms with Gasteiger partial charge in [0, 0.05) is 32.2 Å². The summed E-state index contributed by atoms with van der Waals surface area (Å²) in [6, 6.07) is 0.157. The Morgan fingerprint density at radius 1 is 1.35 bits per heavy atom. The van der Waals surface area contributed by atoms with E-state index in [4.69, 9.17) is 5.73 Å². The predicted molar refractivity (Wildman–Crippen MR) is 57.3 cm³/mol. The summed E-state index contributed by atoms with van der Waals surface area (Å²) in [5.41, 5.74) is 5.34. The molecule has 0 aromatic heterocycles. The van der Waals surface area contributed by atoms with E-state index in [-0.39, 0.29) is 19.1 Å². The van der Waals surface area contributed by atoms with Crippen molar-refractivity contribution >= 4 is 5.91 Å². The van der Waals surface area contributed by atoms with Gasteiger partial charge in [0.05, 0.1) is 0 Å². The zero-order valence-corrected chi connectivity index (χ0v) is 9.59. The van der Waals surface area contributed by atoms with Crippen molar-refractivity contribution in [3.8, 4) is 0 Å². The maximum Gasteiger partial charge on any atom is 0.471 e. The summed E-state index contributed by atoms with van der Waals surface area (Å²) < 4.78 is 36.7. The number of hydrogen-bond donors (Lipinski definition) is 2. The van der Waals surface area contributed by atoms with Crippen LogP contribution in [0, 0.1) is 0 Å². The molecule has 17 heavy (non-hydrogen) atoms. The molecule has 0 aromatic carbocycles. The molecule has 1 unspecified atom stereocenters. The molecule has 1 heterocycles. The number of carbonyl (C=O) groups excluding carboxylic acids is 1. The molecule has 1 saturated heterocycles. The SMILES string of the molecule is NCCNC1CCCN(C(=O)C(F)(F)F)CC1. The lowest BCUT2D eigenvalue weighted by molar-refractivity contribution is -0.185. The highest BCUT2D eigenvalue weighted by Gasteiger charge is 2.42. The topological polar surface area (TPSA) is 58.4 Å². The summed E-state index contributed by atoms with van der Waals surface area (Å²) in [6.07, 6.45) is -2.85. The fraction of sp³-hybridized carbons (Fsp3) is 0.900. The summed E-state index contributed by atoms with van der Waals surface area (Å²) in [7, 11) is 0. The second kappa shape index (κ2) is 6.20. The molecule has 7 heteroatoms. The Hall–Kier alpha value is -0.820. The van der Waals surface area contributed by atoms with Gasteiger partial charge < -0.3 is 16.0 Å². The third-order valence-electron chi connectivity index (χ3n) is 2.84. The van der Waals surface area contributed by atoms with Crippen LogP contribution in [0.1, 0.15) is 19.3 Å². The number of nitrogens with zero attached hydrogens (tertiary/aromatic N) is 1. The molecule has 1 amide bonds. The Morgan fingerprint density at radius 2 is 2.06 bits per heavy atom. The maximum absolute atomic E-state index is 12.2. The van der Waals surface area contributed by atoms with Crippen molar-refractivity contribution in [1.82, 2.24) is 10.2 Å². The maximum atomic E-state index is 12.2. The van der Waals surface area contributed by atoms with E-state index in [1.807, 2.05) is 0 Å². The number of rotatable bonds is 3. The Morgan fingerprint density at radius 3 is 2.65 bits per heavy atom. The Bertz CT molecular complexity index is 258. The summed E-state index contributed by atoms with van der Waals surface area (Å²) in [4.78, 5) is 11.9. The first-order valence-electron chi connectivity index (χ1n) is 5.74. The number of nitrogens with two attached hydrogens (primary N) is 1. The zero-order chi connectivity index (χ0) is 12.9. The predicted octanol–water partition coefficient (Wildman–Crippen LogP) is 0.478. The minimum atomic E-state index is -4.76. The molecule has 0 spiro atoms. The number of likely N-dealkylation sites (tertiary alicyclic amines) is 1. The van der Waals surface area contributed by atoms with Gasteiger partial charge >= 0.3 is 12.1 Å². The lowest BCUT2D eigenvalue weighted by atomic mass is 10.1. The number of halogens is 3. The molecule has 1 rings (SSSR count). The van der Waals surface area contributed by atoms with E-state index < -0.39 is 12.1 Å². The molecule has 0 bridgehead atoms. The van der Waals surface area contributed by atoms with Crippen molar-refractivity contribution in [1.29, 1.82) is 0 Å². The van der Waals surface area contributed by atoms with Crippen LogP contribution in [-0.2, 0) is 4.79 Å². The van der Waals surface area contributed by atoms with Gasteiger partial charge in [-0.1, -0.05) is 0 Å². The van der Waals surface area contributed by atoms with Crippen LogP contribution in [0.15, 0.2) is 0 Å². The Balaban J connectivity index is 2.45. The average Bonchev–Trinajstić information content (AvgIpc) is 2.49. The van der Waals surface area contributed by atoms with E-state index in [9.17, 15) is 18.0 Å². The van der Waals surface area contributed by atoms with Gasteiger partial charge in [0.25, 0.3) is 0 Å². The van der Waals surface area contributed by atoms with Gasteiger partial charge in [-0.2, -0.15) is 13.2 Å². The van der Waals surface area contributed by atoms with Crippen molar-refractivity contribution < 1.29 is 18.0 Å². The van der Waals surface area contributed by atoms with E-state index in [1.165, 1.54) is 0 Å². The molecule has 0 aromatic rings. The van der Waals surface area contributed by atoms with Gasteiger partial charge in [-0.05, 0) is 19.3 Å². The standard InChI is InChI=1S/C10H18F3N3O/c11-10(12,13)9(17)16-6-1-2-8(3-7-16)15-5-4-14/h8,15H,1-7,14H2. The van der Waals surface area contributed by atoms with Crippen LogP contribution in [0.2, 0.25) is 0 Å². The van der Waals surface area contributed by atoms with Gasteiger partial charge in [0.2, 0.25) is 0 Å². The van der Waals surface area contributed by atoms with Crippen LogP contribution < -0.4 is 11.1 Å². The summed E-state index contributed by atoms with van der Waals surface area (Å²) in [6.45, 7) is 1.49. The van der Waals surface area contributed by atoms with Crippen LogP contribution in [-0.4, -0.2) is 49.2 Å². The normalized spacial score (nSPS) is 22.4. The van der Waals surface area contributed by atoms with E-state index in [1.54, 1.807) is 0 Å². The molecule has 4 nitrogen and oxygen atoms in total. The van der Waals surface area contributed by atoms with Crippen molar-refractivity contribution in [3.63, 3.8) is 0 Å². The highest BCUT2D eigenvalue weighted by Crippen LogP contribution is 2.21. The lowest BCUT2D eigenvalue weighted by Gasteiger charge is -2.21. The Labute approximate surface area is 98.3 Å². The van der Waals surface area contributed by atoms with E-state index >= 15 is 0 Å². The largest absolute Gasteiger partial charge is 0.471 e. The van der Waals surface area contributed by atoms with Crippen molar-refractivity contribution in [2.24, 2.45) is 5.73 Å². The first-order chi connectivity index (χ1) is 7.95. The summed E-state index contributed by atoms with van der Waals surface area (Å²) >= 11 is 0. The Kier molecular flexibility index (Phi) is 5.20. The highest BCUT2D eigenvalue weighted by molar-refractivity contribution is 5.81. The lowest BCUT2D eigenvalue weighted by Crippen LogP contribution is -2.42. The second-order valence-corrected chi connectivity index (χ2v) is 4.16. The third-order valence-corrected chi connectivity index (χ3v) is 2.84. The van der Waals surface area contributed by atoms with Gasteiger partial charge in [-0.25, -0.2) is 0 Å². The van der Waals surface area contributed by atoms with Gasteiger partial charge in [0.1, 0.15) is 0 Å². The van der Waals surface area contributed by atoms with E-state index in [0.29, 0.717) is 25.9 Å². The third kappa shape index (κ3) is 4.51. The van der Waals surface area contributed by atoms with Crippen LogP contribution in [0.5, 0.6) is 0 Å². The minimum Gasteiger partial charge on any atom is -0.335 e. The quantitative estimate of drug-likeness (QED) is 0.769. The second-order valence-electron chi connectivity index (χ2n) is 4.16. The van der Waals surface area contributed by atoms with E-state index in [2.05, 4.69) is 5.32 Å². The minimum absolute atomic E-state index is 0.153. The molecule has 0 radical (unpaired) electrons. The summed E-state index contributed by atoms with van der Waals surface area (Å²) in [5.74, 6) is -1.73. The molecule has 1 atom stereocenters. The smallest absolute Gasteiger partial charge is 0.335 e. The molecule has 0 aliphatic carbocycles. The van der Waals surface area contributed by atoms with Crippen molar-refractivity contribution in [2.45, 2.75) is 31.5 Å². The van der Waals surface area contributed by atoms with Crippen LogP contribution in [0.3, 0.4) is 0 Å². The van der Waals surface area contributed by atoms with Crippen molar-refractivity contribution in [3.05, 3.63) is 0 Å². The fourth-order valence-electron chi connectivity index (χ4n) is 1.97. The number of amides is 1. The molecular formula is C10H18F3N3O. The number of carbonyl (C=O) groups is 1. The fourth-order valence-corrected chi connectivity index (χ4v) is 1.97. The monoisotopic (exact) mass is 253 g/mol. The first kappa shape index (κ1) is 14.2. The molecular weight excluding hydrogens is 235 g/mol. The molecule has 1 fully saturated rings. The number of alkyl halides is 3. The number of hydrogen-bond acceptors (Lipinski definition) is 3. The molecule has 0 saturated carbocycles. The van der Waals surface area contributed by atoms with Crippen LogP contribution >= 0.6 is 0 Å². The van der Waals surface area contributed by atoms with Crippen LogP contribution in [0.4, 0.5) is 13.2 Å². The van der Waals surface area contributed by atoms with Crippen LogP contribution in [0.25, 0.3) is 0 Å².